The maximum atomic E-state index is 12.8. The van der Waals surface area contributed by atoms with Crippen LogP contribution in [-0.2, 0) is 5.88 Å². The number of hydrogen-bond acceptors (Lipinski definition) is 1. The molecule has 0 aliphatic rings. The Kier molecular flexibility index (Phi) is 3.21. The van der Waals surface area contributed by atoms with Crippen molar-refractivity contribution >= 4 is 23.4 Å². The van der Waals surface area contributed by atoms with Gasteiger partial charge in [-0.1, -0.05) is 0 Å². The monoisotopic (exact) mass is 190 g/mol. The van der Waals surface area contributed by atoms with Crippen LogP contribution in [0, 0.1) is 5.82 Å². The lowest BCUT2D eigenvalue weighted by Gasteiger charge is -2.00. The van der Waals surface area contributed by atoms with E-state index in [4.69, 9.17) is 11.6 Å². The predicted octanol–water partition coefficient (Wildman–Crippen LogP) is 3.29. The van der Waals surface area contributed by atoms with E-state index in [1.54, 1.807) is 23.9 Å². The van der Waals surface area contributed by atoms with Crippen LogP contribution in [-0.4, -0.2) is 6.26 Å². The fourth-order valence-corrected chi connectivity index (χ4v) is 1.45. The average Bonchev–Trinajstić information content (AvgIpc) is 2.05. The van der Waals surface area contributed by atoms with E-state index >= 15 is 0 Å². The molecule has 0 atom stereocenters. The third kappa shape index (κ3) is 2.11. The molecule has 0 nitrogen and oxygen atoms in total. The first kappa shape index (κ1) is 8.88. The summed E-state index contributed by atoms with van der Waals surface area (Å²) in [6.07, 6.45) is 1.95. The van der Waals surface area contributed by atoms with Gasteiger partial charge >= 0.3 is 0 Å². The minimum Gasteiger partial charge on any atom is -0.207 e. The molecule has 0 aliphatic carbocycles. The summed E-state index contributed by atoms with van der Waals surface area (Å²) in [5.41, 5.74) is 0.568. The van der Waals surface area contributed by atoms with Gasteiger partial charge in [0.2, 0.25) is 0 Å². The Morgan fingerprint density at radius 3 is 2.82 bits per heavy atom. The number of thioether (sulfide) groups is 1. The molecule has 11 heavy (non-hydrogen) atoms. The van der Waals surface area contributed by atoms with Crippen molar-refractivity contribution in [2.24, 2.45) is 0 Å². The summed E-state index contributed by atoms with van der Waals surface area (Å²) >= 11 is 7.09. The predicted molar refractivity (Wildman–Crippen MR) is 47.7 cm³/mol. The first-order chi connectivity index (χ1) is 5.27. The van der Waals surface area contributed by atoms with Crippen molar-refractivity contribution in [3.05, 3.63) is 29.6 Å². The minimum absolute atomic E-state index is 0.224. The smallest absolute Gasteiger partial charge is 0.127 e. The second-order valence-electron chi connectivity index (χ2n) is 2.09. The van der Waals surface area contributed by atoms with Crippen molar-refractivity contribution in [1.29, 1.82) is 0 Å². The van der Waals surface area contributed by atoms with Crippen LogP contribution in [0.3, 0.4) is 0 Å². The molecule has 0 fully saturated rings. The number of rotatable bonds is 2. The van der Waals surface area contributed by atoms with Crippen molar-refractivity contribution in [3.8, 4) is 0 Å². The number of halogens is 2. The van der Waals surface area contributed by atoms with Gasteiger partial charge in [0, 0.05) is 10.5 Å². The van der Waals surface area contributed by atoms with Crippen LogP contribution < -0.4 is 0 Å². The zero-order valence-electron chi connectivity index (χ0n) is 6.10. The van der Waals surface area contributed by atoms with Crippen LogP contribution in [0.5, 0.6) is 0 Å². The lowest BCUT2D eigenvalue weighted by Crippen LogP contribution is -1.85. The maximum Gasteiger partial charge on any atom is 0.127 e. The molecule has 1 rings (SSSR count). The Morgan fingerprint density at radius 2 is 2.27 bits per heavy atom. The molecule has 0 amide bonds. The van der Waals surface area contributed by atoms with Gasteiger partial charge in [-0.15, -0.1) is 23.4 Å². The molecule has 0 unspecified atom stereocenters. The molecule has 3 heteroatoms. The second kappa shape index (κ2) is 3.98. The summed E-state index contributed by atoms with van der Waals surface area (Å²) < 4.78 is 12.8. The molecule has 60 valence electrons. The molecule has 1 aromatic carbocycles. The highest BCUT2D eigenvalue weighted by Gasteiger charge is 2.00. The first-order valence-electron chi connectivity index (χ1n) is 3.16. The third-order valence-corrected chi connectivity index (χ3v) is 2.41. The summed E-state index contributed by atoms with van der Waals surface area (Å²) in [6, 6.07) is 4.96. The van der Waals surface area contributed by atoms with Crippen molar-refractivity contribution in [3.63, 3.8) is 0 Å². The van der Waals surface area contributed by atoms with E-state index in [1.165, 1.54) is 6.07 Å². The van der Waals surface area contributed by atoms with E-state index in [0.717, 1.165) is 4.90 Å². The molecule has 0 aromatic heterocycles. The molecule has 0 saturated carbocycles. The number of benzene rings is 1. The standard InChI is InChI=1S/C8H8ClFS/c1-11-7-2-3-8(10)6(4-7)5-9/h2-4H,5H2,1H3. The number of alkyl halides is 1. The van der Waals surface area contributed by atoms with E-state index in [-0.39, 0.29) is 11.7 Å². The van der Waals surface area contributed by atoms with Crippen LogP contribution in [0.1, 0.15) is 5.56 Å². The van der Waals surface area contributed by atoms with Gasteiger partial charge in [-0.2, -0.15) is 0 Å². The van der Waals surface area contributed by atoms with Crippen molar-refractivity contribution < 1.29 is 4.39 Å². The quantitative estimate of drug-likeness (QED) is 0.510. The Morgan fingerprint density at radius 1 is 1.55 bits per heavy atom. The minimum atomic E-state index is -0.224. The highest BCUT2D eigenvalue weighted by molar-refractivity contribution is 7.98. The van der Waals surface area contributed by atoms with E-state index in [1.807, 2.05) is 6.26 Å². The zero-order valence-corrected chi connectivity index (χ0v) is 7.68. The van der Waals surface area contributed by atoms with Gasteiger partial charge in [-0.05, 0) is 24.5 Å². The second-order valence-corrected chi connectivity index (χ2v) is 3.24. The SMILES string of the molecule is CSc1ccc(F)c(CCl)c1. The summed E-state index contributed by atoms with van der Waals surface area (Å²) in [7, 11) is 0. The largest absolute Gasteiger partial charge is 0.207 e. The topological polar surface area (TPSA) is 0 Å². The fourth-order valence-electron chi connectivity index (χ4n) is 0.780. The van der Waals surface area contributed by atoms with Crippen LogP contribution in [0.2, 0.25) is 0 Å². The highest BCUT2D eigenvalue weighted by Crippen LogP contribution is 2.19. The summed E-state index contributed by atoms with van der Waals surface area (Å²) in [5.74, 6) is 0.0121. The molecule has 0 aliphatic heterocycles. The van der Waals surface area contributed by atoms with E-state index in [9.17, 15) is 4.39 Å². The maximum absolute atomic E-state index is 12.8. The molecule has 0 N–H and O–H groups in total. The molecule has 0 bridgehead atoms. The zero-order chi connectivity index (χ0) is 8.27. The molecule has 0 saturated heterocycles. The van der Waals surface area contributed by atoms with Gasteiger partial charge < -0.3 is 0 Å². The number of hydrogen-bond donors (Lipinski definition) is 0. The van der Waals surface area contributed by atoms with Crippen LogP contribution in [0.4, 0.5) is 4.39 Å². The molecule has 0 spiro atoms. The Labute approximate surface area is 74.8 Å². The lowest BCUT2D eigenvalue weighted by molar-refractivity contribution is 0.615. The summed E-state index contributed by atoms with van der Waals surface area (Å²) in [4.78, 5) is 1.04. The van der Waals surface area contributed by atoms with Crippen molar-refractivity contribution in [2.75, 3.05) is 6.26 Å². The molecule has 0 radical (unpaired) electrons. The average molecular weight is 191 g/mol. The van der Waals surface area contributed by atoms with E-state index in [0.29, 0.717) is 5.56 Å². The molecular weight excluding hydrogens is 183 g/mol. The Hall–Kier alpha value is -0.210. The van der Waals surface area contributed by atoms with Crippen molar-refractivity contribution in [1.82, 2.24) is 0 Å². The van der Waals surface area contributed by atoms with E-state index < -0.39 is 0 Å². The Bertz CT molecular complexity index is 250. The highest BCUT2D eigenvalue weighted by atomic mass is 35.5. The Balaban J connectivity index is 3.02. The molecule has 1 aromatic rings. The van der Waals surface area contributed by atoms with Crippen LogP contribution in [0.25, 0.3) is 0 Å². The third-order valence-electron chi connectivity index (χ3n) is 1.40. The molecular formula is C8H8ClFS. The van der Waals surface area contributed by atoms with E-state index in [2.05, 4.69) is 0 Å². The van der Waals surface area contributed by atoms with Gasteiger partial charge in [0.25, 0.3) is 0 Å². The summed E-state index contributed by atoms with van der Waals surface area (Å²) in [5, 5.41) is 0. The fraction of sp³-hybridized carbons (Fsp3) is 0.250. The van der Waals surface area contributed by atoms with Gasteiger partial charge in [-0.3, -0.25) is 0 Å². The van der Waals surface area contributed by atoms with Gasteiger partial charge in [0.1, 0.15) is 5.82 Å². The van der Waals surface area contributed by atoms with Crippen LogP contribution in [0.15, 0.2) is 23.1 Å². The lowest BCUT2D eigenvalue weighted by atomic mass is 10.2. The van der Waals surface area contributed by atoms with Crippen LogP contribution >= 0.6 is 23.4 Å². The van der Waals surface area contributed by atoms with Gasteiger partial charge in [-0.25, -0.2) is 4.39 Å². The van der Waals surface area contributed by atoms with Crippen molar-refractivity contribution in [2.45, 2.75) is 10.8 Å². The van der Waals surface area contributed by atoms with Gasteiger partial charge in [0.05, 0.1) is 5.88 Å². The molecule has 0 heterocycles. The normalized spacial score (nSPS) is 10.1. The van der Waals surface area contributed by atoms with Gasteiger partial charge in [0.15, 0.2) is 0 Å². The first-order valence-corrected chi connectivity index (χ1v) is 4.92. The summed E-state index contributed by atoms with van der Waals surface area (Å²) in [6.45, 7) is 0.